The molecule has 4 amide bonds. The predicted octanol–water partition coefficient (Wildman–Crippen LogP) is 4.30. The average Bonchev–Trinajstić information content (AvgIpc) is 3.96. The van der Waals surface area contributed by atoms with Crippen LogP contribution in [0.15, 0.2) is 49.1 Å². The van der Waals surface area contributed by atoms with Crippen molar-refractivity contribution in [1.82, 2.24) is 38.7 Å². The van der Waals surface area contributed by atoms with Crippen LogP contribution >= 0.6 is 0 Å². The molecule has 0 aliphatic carbocycles. The Morgan fingerprint density at radius 1 is 0.542 bits per heavy atom. The summed E-state index contributed by atoms with van der Waals surface area (Å²) in [6.07, 6.45) is 10.9. The van der Waals surface area contributed by atoms with Gasteiger partial charge < -0.3 is 49.3 Å². The number of amides is 4. The molecule has 0 aromatic carbocycles. The van der Waals surface area contributed by atoms with Crippen molar-refractivity contribution >= 4 is 46.4 Å². The quantitative estimate of drug-likeness (QED) is 0.0445. The van der Waals surface area contributed by atoms with Gasteiger partial charge in [-0.25, -0.2) is 0 Å². The van der Waals surface area contributed by atoms with E-state index in [1.165, 1.54) is 24.5 Å². The van der Waals surface area contributed by atoms with Gasteiger partial charge in [-0.05, 0) is 79.1 Å². The van der Waals surface area contributed by atoms with Crippen LogP contribution < -0.4 is 21.3 Å². The maximum Gasteiger partial charge on any atom is 0.287 e. The second-order valence-corrected chi connectivity index (χ2v) is 15.0. The molecule has 20 heteroatoms. The van der Waals surface area contributed by atoms with Gasteiger partial charge in [0.2, 0.25) is 0 Å². The lowest BCUT2D eigenvalue weighted by atomic mass is 10.1. The van der Waals surface area contributed by atoms with Gasteiger partial charge in [-0.2, -0.15) is 0 Å². The highest BCUT2D eigenvalue weighted by atomic mass is 16.6. The average molecular weight is 821 g/mol. The molecule has 4 aromatic rings. The number of aromatic nitrogens is 4. The van der Waals surface area contributed by atoms with Gasteiger partial charge in [0.25, 0.3) is 35.0 Å². The Kier molecular flexibility index (Phi) is 16.5. The number of aryl methyl sites for hydroxylation is 4. The van der Waals surface area contributed by atoms with E-state index in [9.17, 15) is 39.4 Å². The molecule has 0 saturated heterocycles. The molecule has 4 aromatic heterocycles. The van der Waals surface area contributed by atoms with Gasteiger partial charge >= 0.3 is 0 Å². The summed E-state index contributed by atoms with van der Waals surface area (Å²) < 4.78 is 6.30. The third kappa shape index (κ3) is 13.4. The van der Waals surface area contributed by atoms with E-state index < -0.39 is 21.7 Å². The van der Waals surface area contributed by atoms with E-state index in [1.807, 2.05) is 38.0 Å². The molecule has 4 N–H and O–H groups in total. The molecule has 0 unspecified atom stereocenters. The Morgan fingerprint density at radius 3 is 1.27 bits per heavy atom. The zero-order chi connectivity index (χ0) is 43.2. The van der Waals surface area contributed by atoms with Gasteiger partial charge in [0.1, 0.15) is 22.8 Å². The lowest BCUT2D eigenvalue weighted by Crippen LogP contribution is -2.28. The molecule has 320 valence electrons. The van der Waals surface area contributed by atoms with E-state index in [1.54, 1.807) is 56.9 Å². The Morgan fingerprint density at radius 2 is 0.915 bits per heavy atom. The van der Waals surface area contributed by atoms with Crippen molar-refractivity contribution in [2.24, 2.45) is 14.1 Å². The van der Waals surface area contributed by atoms with Crippen molar-refractivity contribution in [1.29, 1.82) is 0 Å². The number of rotatable bonds is 24. The molecule has 0 atom stereocenters. The number of carbonyl (C=O) groups is 4. The standard InChI is InChI=1S/C39H56N12O8/c1-44(2)16-12-14-40-36(52)32-20-28(24-46(32)5)42-38(54)34-22-30(50(56)57)26-48(34)18-10-8-7-9-11-19-49-27-31(51(58)59)23-35(49)39(55)43-29-21-33(47(6)25-29)37(53)41-15-13-17-45(3)4/h20-27H,7-19H2,1-6H3,(H,40,52)(H,41,53)(H,42,54)(H,43,55). The van der Waals surface area contributed by atoms with Crippen molar-refractivity contribution < 1.29 is 29.0 Å². The van der Waals surface area contributed by atoms with E-state index >= 15 is 0 Å². The van der Waals surface area contributed by atoms with E-state index in [2.05, 4.69) is 21.3 Å². The van der Waals surface area contributed by atoms with Crippen molar-refractivity contribution in [3.05, 3.63) is 92.1 Å². The summed E-state index contributed by atoms with van der Waals surface area (Å²) in [6.45, 7) is 3.34. The summed E-state index contributed by atoms with van der Waals surface area (Å²) in [4.78, 5) is 78.2. The second-order valence-electron chi connectivity index (χ2n) is 15.0. The van der Waals surface area contributed by atoms with E-state index in [0.717, 1.165) is 45.2 Å². The monoisotopic (exact) mass is 820 g/mol. The van der Waals surface area contributed by atoms with Crippen LogP contribution in [0.25, 0.3) is 0 Å². The third-order valence-electron chi connectivity index (χ3n) is 9.58. The van der Waals surface area contributed by atoms with Crippen LogP contribution in [-0.4, -0.2) is 116 Å². The lowest BCUT2D eigenvalue weighted by molar-refractivity contribution is -0.385. The van der Waals surface area contributed by atoms with Crippen molar-refractivity contribution in [2.75, 3.05) is 65.0 Å². The van der Waals surface area contributed by atoms with Crippen LogP contribution in [0.2, 0.25) is 0 Å². The van der Waals surface area contributed by atoms with E-state index in [0.29, 0.717) is 61.8 Å². The first-order chi connectivity index (χ1) is 28.0. The fourth-order valence-electron chi connectivity index (χ4n) is 6.52. The van der Waals surface area contributed by atoms with Gasteiger partial charge in [0, 0.05) is 64.8 Å². The van der Waals surface area contributed by atoms with Gasteiger partial charge in [-0.15, -0.1) is 0 Å². The maximum atomic E-state index is 13.3. The lowest BCUT2D eigenvalue weighted by Gasteiger charge is -2.10. The van der Waals surface area contributed by atoms with E-state index in [-0.39, 0.29) is 34.6 Å². The molecule has 0 aliphatic rings. The van der Waals surface area contributed by atoms with Crippen LogP contribution in [0.5, 0.6) is 0 Å². The van der Waals surface area contributed by atoms with Gasteiger partial charge in [-0.1, -0.05) is 19.3 Å². The highest BCUT2D eigenvalue weighted by Gasteiger charge is 2.23. The van der Waals surface area contributed by atoms with Crippen LogP contribution in [0, 0.1) is 20.2 Å². The number of nitrogens with one attached hydrogen (secondary N) is 4. The third-order valence-corrected chi connectivity index (χ3v) is 9.58. The Labute approximate surface area is 342 Å². The van der Waals surface area contributed by atoms with Crippen molar-refractivity contribution in [3.8, 4) is 0 Å². The number of anilines is 2. The van der Waals surface area contributed by atoms with Crippen molar-refractivity contribution in [3.63, 3.8) is 0 Å². The first-order valence-electron chi connectivity index (χ1n) is 19.5. The molecule has 4 rings (SSSR count). The molecule has 4 heterocycles. The second kappa shape index (κ2) is 21.5. The summed E-state index contributed by atoms with van der Waals surface area (Å²) in [5.74, 6) is -1.66. The minimum atomic E-state index is -0.556. The first kappa shape index (κ1) is 45.4. The highest BCUT2D eigenvalue weighted by Crippen LogP contribution is 2.23. The molecule has 0 bridgehead atoms. The summed E-state index contributed by atoms with van der Waals surface area (Å²) in [5, 5.41) is 34.5. The Hall–Kier alpha value is -6.28. The fourth-order valence-corrected chi connectivity index (χ4v) is 6.52. The molecule has 0 radical (unpaired) electrons. The zero-order valence-electron chi connectivity index (χ0n) is 34.7. The molecule has 0 fully saturated rings. The van der Waals surface area contributed by atoms with E-state index in [4.69, 9.17) is 0 Å². The van der Waals surface area contributed by atoms with Gasteiger partial charge in [-0.3, -0.25) is 39.4 Å². The minimum absolute atomic E-state index is 0.112. The van der Waals surface area contributed by atoms with Crippen molar-refractivity contribution in [2.45, 2.75) is 58.0 Å². The maximum absolute atomic E-state index is 13.3. The SMILES string of the molecule is CN(C)CCCNC(=O)c1cc(NC(=O)c2cc([N+](=O)[O-])cn2CCCCCCCn2cc([N+](=O)[O-])cc2C(=O)Nc2cc(C(=O)NCCCN(C)C)n(C)c2)cn1C. The molecule has 20 nitrogen and oxygen atoms in total. The number of nitro groups is 2. The number of nitrogens with zero attached hydrogens (tertiary/aromatic N) is 8. The van der Waals surface area contributed by atoms with Crippen LogP contribution in [0.1, 0.15) is 86.9 Å². The molecule has 0 aliphatic heterocycles. The fraction of sp³-hybridized carbons (Fsp3) is 0.487. The number of unbranched alkanes of at least 4 members (excludes halogenated alkanes) is 4. The van der Waals surface area contributed by atoms with Crippen LogP contribution in [0.3, 0.4) is 0 Å². The van der Waals surface area contributed by atoms with Crippen LogP contribution in [-0.2, 0) is 27.2 Å². The molecule has 59 heavy (non-hydrogen) atoms. The number of carbonyl (C=O) groups excluding carboxylic acids is 4. The topological polar surface area (TPSA) is 229 Å². The molecular weight excluding hydrogens is 765 g/mol. The smallest absolute Gasteiger partial charge is 0.287 e. The number of hydrogen-bond acceptors (Lipinski definition) is 10. The predicted molar refractivity (Wildman–Crippen MR) is 223 cm³/mol. The van der Waals surface area contributed by atoms with Gasteiger partial charge in [0.05, 0.1) is 33.6 Å². The summed E-state index contributed by atoms with van der Waals surface area (Å²) in [6, 6.07) is 5.56. The summed E-state index contributed by atoms with van der Waals surface area (Å²) in [5.41, 5.74) is 1.26. The molecule has 0 spiro atoms. The Bertz CT molecular complexity index is 1960. The first-order valence-corrected chi connectivity index (χ1v) is 19.5. The Balaban J connectivity index is 1.28. The summed E-state index contributed by atoms with van der Waals surface area (Å²) >= 11 is 0. The van der Waals surface area contributed by atoms with Crippen LogP contribution in [0.4, 0.5) is 22.7 Å². The van der Waals surface area contributed by atoms with Gasteiger partial charge in [0.15, 0.2) is 0 Å². The zero-order valence-corrected chi connectivity index (χ0v) is 34.7. The molecular formula is C39H56N12O8. The number of hydrogen-bond donors (Lipinski definition) is 4. The summed E-state index contributed by atoms with van der Waals surface area (Å²) in [7, 11) is 11.2. The normalized spacial score (nSPS) is 11.3. The largest absolute Gasteiger partial charge is 0.351 e. The minimum Gasteiger partial charge on any atom is -0.351 e. The highest BCUT2D eigenvalue weighted by molar-refractivity contribution is 6.05. The molecule has 0 saturated carbocycles.